The lowest BCUT2D eigenvalue weighted by Gasteiger charge is -2.16. The van der Waals surface area contributed by atoms with Crippen molar-refractivity contribution in [1.82, 2.24) is 0 Å². The summed E-state index contributed by atoms with van der Waals surface area (Å²) in [5.74, 6) is -0.128. The van der Waals surface area contributed by atoms with E-state index >= 15 is 0 Å². The largest absolute Gasteiger partial charge is 0.508 e. The SMILES string of the molecule is CCOC(=O)[C@H](Cc1ccc(O)cc1)OCCCCc1ccccc1. The first-order valence-electron chi connectivity index (χ1n) is 8.79. The van der Waals surface area contributed by atoms with E-state index in [1.807, 2.05) is 18.2 Å². The molecule has 0 amide bonds. The van der Waals surface area contributed by atoms with Crippen LogP contribution < -0.4 is 0 Å². The van der Waals surface area contributed by atoms with Gasteiger partial charge in [0.15, 0.2) is 6.10 Å². The lowest BCUT2D eigenvalue weighted by molar-refractivity contribution is -0.156. The summed E-state index contributed by atoms with van der Waals surface area (Å²) in [6.45, 7) is 2.64. The molecule has 0 aliphatic heterocycles. The van der Waals surface area contributed by atoms with E-state index in [1.165, 1.54) is 5.56 Å². The zero-order chi connectivity index (χ0) is 17.9. The number of aromatic hydroxyl groups is 1. The molecule has 1 atom stereocenters. The highest BCUT2D eigenvalue weighted by atomic mass is 16.6. The second-order valence-corrected chi connectivity index (χ2v) is 5.92. The van der Waals surface area contributed by atoms with Crippen molar-refractivity contribution in [2.24, 2.45) is 0 Å². The zero-order valence-corrected chi connectivity index (χ0v) is 14.7. The summed E-state index contributed by atoms with van der Waals surface area (Å²) < 4.78 is 10.9. The molecular formula is C21H26O4. The number of phenols is 1. The average Bonchev–Trinajstić information content (AvgIpc) is 2.63. The molecule has 0 radical (unpaired) electrons. The van der Waals surface area contributed by atoms with Crippen molar-refractivity contribution < 1.29 is 19.4 Å². The normalized spacial score (nSPS) is 11.9. The number of benzene rings is 2. The van der Waals surface area contributed by atoms with Gasteiger partial charge in [-0.2, -0.15) is 0 Å². The van der Waals surface area contributed by atoms with Crippen LogP contribution in [-0.4, -0.2) is 30.4 Å². The molecule has 4 nitrogen and oxygen atoms in total. The standard InChI is InChI=1S/C21H26O4/c1-2-24-21(23)20(16-18-11-13-19(22)14-12-18)25-15-7-6-10-17-8-4-3-5-9-17/h3-5,8-9,11-14,20,22H,2,6-7,10,15-16H2,1H3/t20-/m0/s1. The van der Waals surface area contributed by atoms with Gasteiger partial charge in [0.2, 0.25) is 0 Å². The van der Waals surface area contributed by atoms with Crippen molar-refractivity contribution in [2.75, 3.05) is 13.2 Å². The van der Waals surface area contributed by atoms with E-state index in [-0.39, 0.29) is 11.7 Å². The number of carbonyl (C=O) groups excluding carboxylic acids is 1. The van der Waals surface area contributed by atoms with Crippen molar-refractivity contribution in [3.05, 3.63) is 65.7 Å². The monoisotopic (exact) mass is 342 g/mol. The highest BCUT2D eigenvalue weighted by Crippen LogP contribution is 2.14. The number of hydrogen-bond acceptors (Lipinski definition) is 4. The van der Waals surface area contributed by atoms with Crippen LogP contribution in [0.25, 0.3) is 0 Å². The first-order chi connectivity index (χ1) is 12.2. The highest BCUT2D eigenvalue weighted by molar-refractivity contribution is 5.75. The lowest BCUT2D eigenvalue weighted by atomic mass is 10.1. The second kappa shape index (κ2) is 10.5. The summed E-state index contributed by atoms with van der Waals surface area (Å²) >= 11 is 0. The maximum Gasteiger partial charge on any atom is 0.335 e. The van der Waals surface area contributed by atoms with Gasteiger partial charge in [-0.15, -0.1) is 0 Å². The maximum absolute atomic E-state index is 12.1. The van der Waals surface area contributed by atoms with Crippen LogP contribution in [0.3, 0.4) is 0 Å². The van der Waals surface area contributed by atoms with Crippen LogP contribution >= 0.6 is 0 Å². The van der Waals surface area contributed by atoms with Gasteiger partial charge in [-0.1, -0.05) is 42.5 Å². The van der Waals surface area contributed by atoms with E-state index < -0.39 is 6.10 Å². The molecule has 0 saturated heterocycles. The Morgan fingerprint density at radius 1 is 1.00 bits per heavy atom. The molecule has 25 heavy (non-hydrogen) atoms. The van der Waals surface area contributed by atoms with Crippen molar-refractivity contribution in [3.63, 3.8) is 0 Å². The summed E-state index contributed by atoms with van der Waals surface area (Å²) in [6, 6.07) is 17.1. The molecular weight excluding hydrogens is 316 g/mol. The molecule has 0 unspecified atom stereocenters. The Hall–Kier alpha value is -2.33. The third-order valence-corrected chi connectivity index (χ3v) is 3.93. The number of unbranched alkanes of at least 4 members (excludes halogenated alkanes) is 1. The number of aryl methyl sites for hydroxylation is 1. The summed E-state index contributed by atoms with van der Waals surface area (Å²) in [7, 11) is 0. The van der Waals surface area contributed by atoms with Gasteiger partial charge >= 0.3 is 5.97 Å². The Bertz CT molecular complexity index is 622. The minimum atomic E-state index is -0.610. The number of esters is 1. The molecule has 0 saturated carbocycles. The summed E-state index contributed by atoms with van der Waals surface area (Å²) in [5, 5.41) is 9.36. The second-order valence-electron chi connectivity index (χ2n) is 5.92. The molecule has 0 aliphatic rings. The number of ether oxygens (including phenoxy) is 2. The molecule has 1 N–H and O–H groups in total. The van der Waals surface area contributed by atoms with Crippen LogP contribution in [0.1, 0.15) is 30.9 Å². The Morgan fingerprint density at radius 2 is 1.72 bits per heavy atom. The molecule has 0 aliphatic carbocycles. The molecule has 0 aromatic heterocycles. The van der Waals surface area contributed by atoms with Crippen molar-refractivity contribution in [3.8, 4) is 5.75 Å². The Kier molecular flexibility index (Phi) is 7.99. The van der Waals surface area contributed by atoms with Crippen LogP contribution in [0.5, 0.6) is 5.75 Å². The van der Waals surface area contributed by atoms with E-state index in [0.717, 1.165) is 24.8 Å². The van der Waals surface area contributed by atoms with Gasteiger partial charge in [0, 0.05) is 13.0 Å². The molecule has 2 aromatic carbocycles. The van der Waals surface area contributed by atoms with E-state index in [0.29, 0.717) is 19.6 Å². The molecule has 2 rings (SSSR count). The lowest BCUT2D eigenvalue weighted by Crippen LogP contribution is -2.29. The Labute approximate surface area is 149 Å². The third-order valence-electron chi connectivity index (χ3n) is 3.93. The number of rotatable bonds is 10. The minimum absolute atomic E-state index is 0.207. The van der Waals surface area contributed by atoms with Crippen LogP contribution in [0.15, 0.2) is 54.6 Å². The minimum Gasteiger partial charge on any atom is -0.508 e. The van der Waals surface area contributed by atoms with E-state index in [4.69, 9.17) is 9.47 Å². The molecule has 0 fully saturated rings. The topological polar surface area (TPSA) is 55.8 Å². The molecule has 0 heterocycles. The number of hydrogen-bond donors (Lipinski definition) is 1. The van der Waals surface area contributed by atoms with Gasteiger partial charge in [-0.05, 0) is 49.4 Å². The van der Waals surface area contributed by atoms with Crippen molar-refractivity contribution in [1.29, 1.82) is 0 Å². The molecule has 0 bridgehead atoms. The van der Waals surface area contributed by atoms with E-state index in [1.54, 1.807) is 31.2 Å². The molecule has 2 aromatic rings. The molecule has 0 spiro atoms. The quantitative estimate of drug-likeness (QED) is 0.525. The van der Waals surface area contributed by atoms with Crippen LogP contribution in [0, 0.1) is 0 Å². The summed E-state index contributed by atoms with van der Waals surface area (Å²) in [6.07, 6.45) is 2.74. The smallest absolute Gasteiger partial charge is 0.335 e. The zero-order valence-electron chi connectivity index (χ0n) is 14.7. The number of carbonyl (C=O) groups is 1. The Balaban J connectivity index is 1.79. The molecule has 4 heteroatoms. The molecule has 134 valence electrons. The third kappa shape index (κ3) is 6.98. The van der Waals surface area contributed by atoms with E-state index in [9.17, 15) is 9.90 Å². The van der Waals surface area contributed by atoms with Gasteiger partial charge in [0.1, 0.15) is 5.75 Å². The van der Waals surface area contributed by atoms with Crippen LogP contribution in [0.2, 0.25) is 0 Å². The maximum atomic E-state index is 12.1. The fourth-order valence-corrected chi connectivity index (χ4v) is 2.59. The first kappa shape index (κ1) is 19.0. The predicted molar refractivity (Wildman–Crippen MR) is 97.6 cm³/mol. The van der Waals surface area contributed by atoms with Crippen LogP contribution in [0.4, 0.5) is 0 Å². The van der Waals surface area contributed by atoms with Crippen LogP contribution in [-0.2, 0) is 27.1 Å². The predicted octanol–water partition coefficient (Wildman–Crippen LogP) is 3.91. The van der Waals surface area contributed by atoms with Gasteiger partial charge in [0.25, 0.3) is 0 Å². The Morgan fingerprint density at radius 3 is 2.40 bits per heavy atom. The first-order valence-corrected chi connectivity index (χ1v) is 8.79. The summed E-state index contributed by atoms with van der Waals surface area (Å²) in [5.41, 5.74) is 2.24. The fraction of sp³-hybridized carbons (Fsp3) is 0.381. The van der Waals surface area contributed by atoms with Gasteiger partial charge < -0.3 is 14.6 Å². The van der Waals surface area contributed by atoms with Gasteiger partial charge in [-0.25, -0.2) is 4.79 Å². The van der Waals surface area contributed by atoms with Gasteiger partial charge in [0.05, 0.1) is 6.61 Å². The van der Waals surface area contributed by atoms with Crippen molar-refractivity contribution in [2.45, 2.75) is 38.7 Å². The highest BCUT2D eigenvalue weighted by Gasteiger charge is 2.21. The van der Waals surface area contributed by atoms with E-state index in [2.05, 4.69) is 12.1 Å². The average molecular weight is 342 g/mol. The van der Waals surface area contributed by atoms with Crippen molar-refractivity contribution >= 4 is 5.97 Å². The van der Waals surface area contributed by atoms with Gasteiger partial charge in [-0.3, -0.25) is 0 Å². The fourth-order valence-electron chi connectivity index (χ4n) is 2.59. The number of phenolic OH excluding ortho intramolecular Hbond substituents is 1. The summed E-state index contributed by atoms with van der Waals surface area (Å²) in [4.78, 5) is 12.1.